The van der Waals surface area contributed by atoms with Crippen LogP contribution in [0.3, 0.4) is 0 Å². The molecular formula is C20H28O. The summed E-state index contributed by atoms with van der Waals surface area (Å²) in [4.78, 5) is 0. The molecular weight excluding hydrogens is 256 g/mol. The first kappa shape index (κ1) is 13.9. The van der Waals surface area contributed by atoms with E-state index in [1.54, 1.807) is 5.57 Å². The van der Waals surface area contributed by atoms with E-state index in [9.17, 15) is 5.11 Å². The van der Waals surface area contributed by atoms with E-state index in [2.05, 4.69) is 25.3 Å². The van der Waals surface area contributed by atoms with Crippen molar-refractivity contribution >= 4 is 0 Å². The van der Waals surface area contributed by atoms with Crippen LogP contribution in [-0.4, -0.2) is 11.2 Å². The third-order valence-corrected chi connectivity index (χ3v) is 7.43. The maximum Gasteiger partial charge on any atom is 0.0723 e. The van der Waals surface area contributed by atoms with Gasteiger partial charge in [-0.05, 0) is 86.0 Å². The third-order valence-electron chi connectivity index (χ3n) is 7.43. The molecule has 0 aliphatic heterocycles. The lowest BCUT2D eigenvalue weighted by molar-refractivity contribution is 0.00839. The van der Waals surface area contributed by atoms with Crippen molar-refractivity contribution in [1.82, 2.24) is 0 Å². The molecule has 0 amide bonds. The van der Waals surface area contributed by atoms with Crippen molar-refractivity contribution in [2.45, 2.75) is 64.4 Å². The fraction of sp³-hybridized carbons (Fsp3) is 0.750. The van der Waals surface area contributed by atoms with Crippen molar-refractivity contribution in [3.8, 4) is 0 Å². The van der Waals surface area contributed by atoms with E-state index in [1.165, 1.54) is 50.5 Å². The van der Waals surface area contributed by atoms with Crippen LogP contribution in [0.1, 0.15) is 58.3 Å². The Kier molecular flexibility index (Phi) is 3.21. The second kappa shape index (κ2) is 4.86. The van der Waals surface area contributed by atoms with Gasteiger partial charge in [0.2, 0.25) is 0 Å². The number of aliphatic hydroxyl groups is 1. The molecule has 0 spiro atoms. The number of hydrogen-bond donors (Lipinski definition) is 1. The average Bonchev–Trinajstić information content (AvgIpc) is 2.83. The minimum absolute atomic E-state index is 0.163. The van der Waals surface area contributed by atoms with Crippen molar-refractivity contribution in [3.63, 3.8) is 0 Å². The largest absolute Gasteiger partial charge is 0.389 e. The van der Waals surface area contributed by atoms with Crippen LogP contribution < -0.4 is 0 Å². The molecule has 4 aliphatic rings. The summed E-state index contributed by atoms with van der Waals surface area (Å²) in [6.45, 7) is 6.45. The molecule has 1 heteroatoms. The first-order valence-corrected chi connectivity index (χ1v) is 8.91. The van der Waals surface area contributed by atoms with Crippen LogP contribution in [0.2, 0.25) is 0 Å². The summed E-state index contributed by atoms with van der Waals surface area (Å²) in [7, 11) is 0. The van der Waals surface area contributed by atoms with Gasteiger partial charge in [0.05, 0.1) is 6.10 Å². The van der Waals surface area contributed by atoms with E-state index >= 15 is 0 Å². The van der Waals surface area contributed by atoms with E-state index in [0.717, 1.165) is 30.1 Å². The number of allylic oxidation sites excluding steroid dienone is 2. The smallest absolute Gasteiger partial charge is 0.0723 e. The summed E-state index contributed by atoms with van der Waals surface area (Å²) in [5.41, 5.74) is 6.80. The maximum atomic E-state index is 9.91. The maximum absolute atomic E-state index is 9.91. The summed E-state index contributed by atoms with van der Waals surface area (Å²) in [5.74, 6) is 3.45. The van der Waals surface area contributed by atoms with Gasteiger partial charge >= 0.3 is 0 Å². The van der Waals surface area contributed by atoms with Crippen LogP contribution in [0.5, 0.6) is 0 Å². The third kappa shape index (κ3) is 1.94. The minimum Gasteiger partial charge on any atom is -0.389 e. The molecule has 1 nitrogen and oxygen atoms in total. The van der Waals surface area contributed by atoms with Crippen molar-refractivity contribution in [2.75, 3.05) is 0 Å². The SMILES string of the molecule is C=C=C1CCC2C3CCC4=C[C@@H](O)CC[C@@H]4C3CC[C@]12C. The molecule has 0 saturated heterocycles. The van der Waals surface area contributed by atoms with Crippen molar-refractivity contribution in [1.29, 1.82) is 0 Å². The highest BCUT2D eigenvalue weighted by Crippen LogP contribution is 2.63. The monoisotopic (exact) mass is 284 g/mol. The fourth-order valence-electron chi connectivity index (χ4n) is 6.42. The predicted octanol–water partition coefficient (Wildman–Crippen LogP) is 4.63. The quantitative estimate of drug-likeness (QED) is 0.508. The molecule has 21 heavy (non-hydrogen) atoms. The van der Waals surface area contributed by atoms with Gasteiger partial charge in [0, 0.05) is 0 Å². The van der Waals surface area contributed by atoms with Crippen molar-refractivity contribution < 1.29 is 5.11 Å². The lowest BCUT2D eigenvalue weighted by Crippen LogP contribution is -2.45. The number of aliphatic hydroxyl groups excluding tert-OH is 1. The van der Waals surface area contributed by atoms with Crippen molar-refractivity contribution in [3.05, 3.63) is 29.5 Å². The van der Waals surface area contributed by atoms with E-state index in [1.807, 2.05) is 0 Å². The molecule has 3 fully saturated rings. The summed E-state index contributed by atoms with van der Waals surface area (Å²) in [6, 6.07) is 0. The number of fused-ring (bicyclic) bond motifs is 5. The highest BCUT2D eigenvalue weighted by Gasteiger charge is 2.54. The van der Waals surface area contributed by atoms with E-state index < -0.39 is 0 Å². The predicted molar refractivity (Wildman–Crippen MR) is 85.7 cm³/mol. The van der Waals surface area contributed by atoms with Gasteiger partial charge in [-0.15, -0.1) is 5.73 Å². The van der Waals surface area contributed by atoms with Crippen LogP contribution >= 0.6 is 0 Å². The molecule has 0 aromatic rings. The second-order valence-corrected chi connectivity index (χ2v) is 8.12. The van der Waals surface area contributed by atoms with E-state index in [-0.39, 0.29) is 6.10 Å². The zero-order valence-corrected chi connectivity index (χ0v) is 13.3. The average molecular weight is 284 g/mol. The molecule has 0 bridgehead atoms. The highest BCUT2D eigenvalue weighted by atomic mass is 16.3. The van der Waals surface area contributed by atoms with Crippen LogP contribution in [0, 0.1) is 29.1 Å². The Balaban J connectivity index is 1.64. The Morgan fingerprint density at radius 3 is 2.81 bits per heavy atom. The standard InChI is InChI=1S/C20H28O/c1-3-14-5-9-19-18-7-4-13-12-15(21)6-8-16(13)17(18)10-11-20(14,19)2/h12,15-19,21H,1,4-11H2,2H3/t15-,16-,17?,18?,19?,20+/m0/s1. The molecule has 4 aliphatic carbocycles. The molecule has 3 unspecified atom stereocenters. The Hall–Kier alpha value is -0.780. The van der Waals surface area contributed by atoms with Gasteiger partial charge in [-0.25, -0.2) is 0 Å². The molecule has 3 saturated carbocycles. The summed E-state index contributed by atoms with van der Waals surface area (Å²) < 4.78 is 0. The number of rotatable bonds is 0. The topological polar surface area (TPSA) is 20.2 Å². The number of hydrogen-bond acceptors (Lipinski definition) is 1. The van der Waals surface area contributed by atoms with Crippen LogP contribution in [0.25, 0.3) is 0 Å². The Morgan fingerprint density at radius 2 is 2.00 bits per heavy atom. The highest BCUT2D eigenvalue weighted by molar-refractivity contribution is 5.25. The minimum atomic E-state index is -0.163. The Bertz CT molecular complexity index is 524. The molecule has 114 valence electrons. The summed E-state index contributed by atoms with van der Waals surface area (Å²) in [5, 5.41) is 9.91. The van der Waals surface area contributed by atoms with Crippen molar-refractivity contribution in [2.24, 2.45) is 29.1 Å². The van der Waals surface area contributed by atoms with Gasteiger partial charge < -0.3 is 5.11 Å². The van der Waals surface area contributed by atoms with E-state index in [4.69, 9.17) is 0 Å². The zero-order valence-electron chi connectivity index (χ0n) is 13.3. The molecule has 1 N–H and O–H groups in total. The zero-order chi connectivity index (χ0) is 14.6. The van der Waals surface area contributed by atoms with Crippen LogP contribution in [-0.2, 0) is 0 Å². The molecule has 4 rings (SSSR count). The van der Waals surface area contributed by atoms with E-state index in [0.29, 0.717) is 5.41 Å². The summed E-state index contributed by atoms with van der Waals surface area (Å²) >= 11 is 0. The normalized spacial score (nSPS) is 48.8. The van der Waals surface area contributed by atoms with Gasteiger partial charge in [0.25, 0.3) is 0 Å². The molecule has 0 aromatic carbocycles. The first-order chi connectivity index (χ1) is 10.1. The van der Waals surface area contributed by atoms with Crippen LogP contribution in [0.4, 0.5) is 0 Å². The molecule has 6 atom stereocenters. The molecule has 0 radical (unpaired) electrons. The Morgan fingerprint density at radius 1 is 1.14 bits per heavy atom. The van der Waals surface area contributed by atoms with Gasteiger partial charge in [0.1, 0.15) is 0 Å². The van der Waals surface area contributed by atoms with Gasteiger partial charge in [-0.1, -0.05) is 25.2 Å². The van der Waals surface area contributed by atoms with Crippen LogP contribution in [0.15, 0.2) is 29.5 Å². The van der Waals surface area contributed by atoms with Gasteiger partial charge in [-0.2, -0.15) is 0 Å². The molecule has 0 heterocycles. The lowest BCUT2D eigenvalue weighted by atomic mass is 9.52. The fourth-order valence-corrected chi connectivity index (χ4v) is 6.42. The Labute approximate surface area is 128 Å². The van der Waals surface area contributed by atoms with Gasteiger partial charge in [0.15, 0.2) is 0 Å². The lowest BCUT2D eigenvalue weighted by Gasteiger charge is -2.53. The van der Waals surface area contributed by atoms with Gasteiger partial charge in [-0.3, -0.25) is 0 Å². The second-order valence-electron chi connectivity index (χ2n) is 8.12. The first-order valence-electron chi connectivity index (χ1n) is 8.91. The summed E-state index contributed by atoms with van der Waals surface area (Å²) in [6.07, 6.45) is 12.1. The molecule has 0 aromatic heterocycles.